The summed E-state index contributed by atoms with van der Waals surface area (Å²) in [5.74, 6) is -0.760. The van der Waals surface area contributed by atoms with Crippen molar-refractivity contribution in [1.29, 1.82) is 0 Å². The zero-order chi connectivity index (χ0) is 29.9. The van der Waals surface area contributed by atoms with Gasteiger partial charge in [0.05, 0.1) is 0 Å². The Hall–Kier alpha value is -2.16. The number of ether oxygens (including phenoxy) is 1. The zero-order valence-electron chi connectivity index (χ0n) is 27.0. The Morgan fingerprint density at radius 1 is 0.390 bits per heavy atom. The smallest absolute Gasteiger partial charge is 0.313 e. The molecule has 3 heteroatoms. The molecule has 3 nitrogen and oxygen atoms in total. The van der Waals surface area contributed by atoms with Gasteiger partial charge in [-0.3, -0.25) is 9.59 Å². The molecule has 0 aliphatic rings. The summed E-state index contributed by atoms with van der Waals surface area (Å²) < 4.78 is 4.97. The second kappa shape index (κ2) is 34.0. The Morgan fingerprint density at radius 2 is 0.707 bits per heavy atom. The zero-order valence-corrected chi connectivity index (χ0v) is 27.0. The van der Waals surface area contributed by atoms with Crippen LogP contribution in [0.5, 0.6) is 0 Å². The second-order valence-corrected chi connectivity index (χ2v) is 11.2. The van der Waals surface area contributed by atoms with E-state index in [0.717, 1.165) is 51.4 Å². The lowest BCUT2D eigenvalue weighted by Crippen LogP contribution is -2.11. The van der Waals surface area contributed by atoms with E-state index in [9.17, 15) is 9.59 Å². The molecule has 0 spiro atoms. The van der Waals surface area contributed by atoms with Gasteiger partial charge in [0.15, 0.2) is 0 Å². The van der Waals surface area contributed by atoms with Crippen molar-refractivity contribution in [2.75, 3.05) is 0 Å². The maximum Gasteiger partial charge on any atom is 0.313 e. The van der Waals surface area contributed by atoms with Gasteiger partial charge >= 0.3 is 11.9 Å². The van der Waals surface area contributed by atoms with Crippen molar-refractivity contribution in [3.8, 4) is 0 Å². The number of hydrogen-bond acceptors (Lipinski definition) is 3. The third-order valence-corrected chi connectivity index (χ3v) is 7.08. The predicted octanol–water partition coefficient (Wildman–Crippen LogP) is 12.2. The lowest BCUT2D eigenvalue weighted by molar-refractivity contribution is -0.159. The molecule has 0 unspecified atom stereocenters. The molecular weight excluding hydrogens is 504 g/mol. The van der Waals surface area contributed by atoms with Crippen LogP contribution in [0.15, 0.2) is 60.8 Å². The number of rotatable bonds is 29. The summed E-state index contributed by atoms with van der Waals surface area (Å²) in [6.45, 7) is 4.50. The highest BCUT2D eigenvalue weighted by molar-refractivity contribution is 5.85. The summed E-state index contributed by atoms with van der Waals surface area (Å²) >= 11 is 0. The molecule has 234 valence electrons. The summed E-state index contributed by atoms with van der Waals surface area (Å²) in [7, 11) is 0. The van der Waals surface area contributed by atoms with E-state index in [4.69, 9.17) is 4.74 Å². The monoisotopic (exact) mass is 568 g/mol. The van der Waals surface area contributed by atoms with Gasteiger partial charge in [0.2, 0.25) is 0 Å². The third-order valence-electron chi connectivity index (χ3n) is 7.08. The quantitative estimate of drug-likeness (QED) is 0.0390. The first-order valence-electron chi connectivity index (χ1n) is 17.2. The maximum absolute atomic E-state index is 11.9. The van der Waals surface area contributed by atoms with Crippen molar-refractivity contribution in [3.63, 3.8) is 0 Å². The molecule has 0 bridgehead atoms. The number of carbonyl (C=O) groups is 2. The molecule has 0 aromatic carbocycles. The van der Waals surface area contributed by atoms with Crippen LogP contribution in [0.3, 0.4) is 0 Å². The first-order chi connectivity index (χ1) is 20.2. The molecule has 0 rings (SSSR count). The van der Waals surface area contributed by atoms with Crippen LogP contribution < -0.4 is 0 Å². The van der Waals surface area contributed by atoms with Crippen LogP contribution in [0, 0.1) is 0 Å². The second-order valence-electron chi connectivity index (χ2n) is 11.2. The molecule has 0 fully saturated rings. The fourth-order valence-electron chi connectivity index (χ4n) is 4.49. The van der Waals surface area contributed by atoms with Gasteiger partial charge in [0, 0.05) is 12.8 Å². The topological polar surface area (TPSA) is 43.4 Å². The van der Waals surface area contributed by atoms with E-state index in [2.05, 4.69) is 74.6 Å². The summed E-state index contributed by atoms with van der Waals surface area (Å²) in [6, 6.07) is 0. The standard InChI is InChI=1S/C38H64O3/c1-3-5-7-9-11-13-15-17-19-20-22-24-26-28-30-32-34-36-38(40)41-37(39)35-33-31-29-27-25-23-21-18-16-14-12-10-8-6-4-2/h11,13,17-19,21-22,24,28,30H,3-10,12,14-16,20,23,25-27,29,31-36H2,1-2H3/b13-11-,19-17-,21-18-,24-22-,30-28-. The van der Waals surface area contributed by atoms with E-state index in [1.165, 1.54) is 83.5 Å². The van der Waals surface area contributed by atoms with Crippen molar-refractivity contribution >= 4 is 11.9 Å². The largest absolute Gasteiger partial charge is 0.393 e. The summed E-state index contributed by atoms with van der Waals surface area (Å²) in [5, 5.41) is 0. The predicted molar refractivity (Wildman–Crippen MR) is 179 cm³/mol. The van der Waals surface area contributed by atoms with E-state index >= 15 is 0 Å². The molecule has 0 amide bonds. The molecule has 0 saturated heterocycles. The molecule has 0 heterocycles. The normalized spacial score (nSPS) is 12.2. The molecule has 0 aromatic rings. The van der Waals surface area contributed by atoms with E-state index in [0.29, 0.717) is 19.3 Å². The van der Waals surface area contributed by atoms with Gasteiger partial charge in [-0.25, -0.2) is 0 Å². The van der Waals surface area contributed by atoms with Crippen LogP contribution in [-0.4, -0.2) is 11.9 Å². The van der Waals surface area contributed by atoms with Crippen molar-refractivity contribution in [1.82, 2.24) is 0 Å². The molecule has 0 aliphatic carbocycles. The molecular formula is C38H64O3. The van der Waals surface area contributed by atoms with Crippen LogP contribution in [0.1, 0.15) is 168 Å². The minimum Gasteiger partial charge on any atom is -0.393 e. The highest BCUT2D eigenvalue weighted by atomic mass is 16.6. The number of unbranched alkanes of at least 4 members (excludes halogenated alkanes) is 15. The van der Waals surface area contributed by atoms with Crippen molar-refractivity contribution < 1.29 is 14.3 Å². The Morgan fingerprint density at radius 3 is 1.22 bits per heavy atom. The molecule has 0 radical (unpaired) electrons. The van der Waals surface area contributed by atoms with Crippen molar-refractivity contribution in [2.45, 2.75) is 168 Å². The van der Waals surface area contributed by atoms with Gasteiger partial charge in [-0.1, -0.05) is 139 Å². The molecule has 0 atom stereocenters. The van der Waals surface area contributed by atoms with Crippen LogP contribution in [0.25, 0.3) is 0 Å². The Balaban J connectivity index is 3.51. The minimum atomic E-state index is -0.390. The molecule has 0 saturated carbocycles. The van der Waals surface area contributed by atoms with E-state index in [-0.39, 0.29) is 5.97 Å². The molecule has 0 N–H and O–H groups in total. The van der Waals surface area contributed by atoms with Gasteiger partial charge in [-0.05, 0) is 77.0 Å². The van der Waals surface area contributed by atoms with Crippen molar-refractivity contribution in [2.24, 2.45) is 0 Å². The van der Waals surface area contributed by atoms with Crippen LogP contribution >= 0.6 is 0 Å². The number of allylic oxidation sites excluding steroid dienone is 10. The van der Waals surface area contributed by atoms with Crippen molar-refractivity contribution in [3.05, 3.63) is 60.8 Å². The van der Waals surface area contributed by atoms with Crippen LogP contribution in [0.2, 0.25) is 0 Å². The van der Waals surface area contributed by atoms with Gasteiger partial charge < -0.3 is 4.74 Å². The lowest BCUT2D eigenvalue weighted by Gasteiger charge is -2.03. The maximum atomic E-state index is 11.9. The fourth-order valence-corrected chi connectivity index (χ4v) is 4.49. The summed E-state index contributed by atoms with van der Waals surface area (Å²) in [5.41, 5.74) is 0. The minimum absolute atomic E-state index is 0.302. The average molecular weight is 569 g/mol. The SMILES string of the molecule is CCCCC/C=C\C/C=C\C/C=C\C/C=C\CCCC(=O)OC(=O)CCCCCCC/C=C\CCCCCCCC. The highest BCUT2D eigenvalue weighted by Crippen LogP contribution is 2.11. The number of hydrogen-bond donors (Lipinski definition) is 0. The van der Waals surface area contributed by atoms with Gasteiger partial charge in [0.25, 0.3) is 0 Å². The highest BCUT2D eigenvalue weighted by Gasteiger charge is 2.09. The third kappa shape index (κ3) is 33.9. The summed E-state index contributed by atoms with van der Waals surface area (Å²) in [6.07, 6.45) is 48.4. The fraction of sp³-hybridized carbons (Fsp3) is 0.684. The van der Waals surface area contributed by atoms with Gasteiger partial charge in [0.1, 0.15) is 0 Å². The Kier molecular flexibility index (Phi) is 32.2. The lowest BCUT2D eigenvalue weighted by atomic mass is 10.1. The van der Waals surface area contributed by atoms with Gasteiger partial charge in [-0.15, -0.1) is 0 Å². The Bertz CT molecular complexity index is 726. The van der Waals surface area contributed by atoms with Crippen LogP contribution in [-0.2, 0) is 14.3 Å². The first kappa shape index (κ1) is 38.8. The first-order valence-corrected chi connectivity index (χ1v) is 17.2. The molecule has 0 aliphatic heterocycles. The Labute approximate surface area is 254 Å². The average Bonchev–Trinajstić information content (AvgIpc) is 2.96. The van der Waals surface area contributed by atoms with E-state index in [1.54, 1.807) is 0 Å². The van der Waals surface area contributed by atoms with E-state index in [1.807, 2.05) is 0 Å². The van der Waals surface area contributed by atoms with Crippen LogP contribution in [0.4, 0.5) is 0 Å². The molecule has 0 aromatic heterocycles. The van der Waals surface area contributed by atoms with Gasteiger partial charge in [-0.2, -0.15) is 0 Å². The number of carbonyl (C=O) groups excluding carboxylic acids is 2. The van der Waals surface area contributed by atoms with E-state index < -0.39 is 5.97 Å². The number of esters is 2. The molecule has 41 heavy (non-hydrogen) atoms. The summed E-state index contributed by atoms with van der Waals surface area (Å²) in [4.78, 5) is 23.8.